The minimum absolute atomic E-state index is 0.184. The van der Waals surface area contributed by atoms with E-state index in [0.29, 0.717) is 34.2 Å². The molecule has 35 heavy (non-hydrogen) atoms. The Morgan fingerprint density at radius 2 is 1.54 bits per heavy atom. The largest absolute Gasteiger partial charge is 0.497 e. The van der Waals surface area contributed by atoms with Gasteiger partial charge in [0.2, 0.25) is 0 Å². The summed E-state index contributed by atoms with van der Waals surface area (Å²) in [4.78, 5) is 17.9. The molecule has 3 aromatic carbocycles. The maximum atomic E-state index is 13.0. The Labute approximate surface area is 209 Å². The molecular formula is C27H27N3O4S. The number of benzene rings is 3. The van der Waals surface area contributed by atoms with Crippen molar-refractivity contribution in [1.29, 1.82) is 0 Å². The van der Waals surface area contributed by atoms with Crippen molar-refractivity contribution < 1.29 is 14.2 Å². The molecule has 7 nitrogen and oxygen atoms in total. The summed E-state index contributed by atoms with van der Waals surface area (Å²) < 4.78 is 16.3. The number of pyridine rings is 1. The number of hydrogen-bond donors (Lipinski definition) is 2. The molecule has 0 radical (unpaired) electrons. The minimum atomic E-state index is -0.184. The van der Waals surface area contributed by atoms with Gasteiger partial charge < -0.3 is 29.4 Å². The van der Waals surface area contributed by atoms with Crippen LogP contribution < -0.4 is 25.1 Å². The first-order chi connectivity index (χ1) is 17.0. The maximum absolute atomic E-state index is 13.0. The molecule has 1 aromatic heterocycles. The molecule has 0 aliphatic rings. The number of nitrogens with one attached hydrogen (secondary N) is 2. The SMILES string of the molecule is COc1ccc2cc(CN(Cc3ccccc3OC)C(=S)Nc3ccccc3OC)c(=O)[nH]c2c1. The van der Waals surface area contributed by atoms with Gasteiger partial charge in [0.25, 0.3) is 5.56 Å². The second-order valence-electron chi connectivity index (χ2n) is 7.88. The average molecular weight is 490 g/mol. The molecule has 8 heteroatoms. The van der Waals surface area contributed by atoms with Gasteiger partial charge in [0.1, 0.15) is 17.2 Å². The van der Waals surface area contributed by atoms with Crippen LogP contribution in [0.3, 0.4) is 0 Å². The fourth-order valence-corrected chi connectivity index (χ4v) is 4.10. The lowest BCUT2D eigenvalue weighted by Gasteiger charge is -2.27. The van der Waals surface area contributed by atoms with Crippen molar-refractivity contribution in [2.75, 3.05) is 26.6 Å². The number of fused-ring (bicyclic) bond motifs is 1. The zero-order chi connectivity index (χ0) is 24.8. The normalized spacial score (nSPS) is 10.6. The fourth-order valence-electron chi connectivity index (χ4n) is 3.86. The number of thiocarbonyl (C=S) groups is 1. The molecule has 0 fully saturated rings. The van der Waals surface area contributed by atoms with E-state index in [-0.39, 0.29) is 12.1 Å². The zero-order valence-corrected chi connectivity index (χ0v) is 20.6. The Morgan fingerprint density at radius 3 is 2.29 bits per heavy atom. The summed E-state index contributed by atoms with van der Waals surface area (Å²) in [5.74, 6) is 2.10. The predicted octanol–water partition coefficient (Wildman–Crippen LogP) is 4.95. The highest BCUT2D eigenvalue weighted by Gasteiger charge is 2.17. The summed E-state index contributed by atoms with van der Waals surface area (Å²) in [7, 11) is 4.84. The van der Waals surface area contributed by atoms with E-state index in [9.17, 15) is 4.79 Å². The Hall–Kier alpha value is -4.04. The van der Waals surface area contributed by atoms with Crippen molar-refractivity contribution in [2.45, 2.75) is 13.1 Å². The van der Waals surface area contributed by atoms with E-state index in [1.54, 1.807) is 27.4 Å². The Kier molecular flexibility index (Phi) is 7.52. The quantitative estimate of drug-likeness (QED) is 0.339. The molecule has 0 spiro atoms. The highest BCUT2D eigenvalue weighted by Crippen LogP contribution is 2.26. The fraction of sp³-hybridized carbons (Fsp3) is 0.185. The van der Waals surface area contributed by atoms with Crippen LogP contribution in [0.4, 0.5) is 5.69 Å². The number of ether oxygens (including phenoxy) is 3. The molecular weight excluding hydrogens is 462 g/mol. The Balaban J connectivity index is 1.69. The lowest BCUT2D eigenvalue weighted by Crippen LogP contribution is -2.35. The molecule has 1 heterocycles. The third-order valence-corrected chi connectivity index (χ3v) is 6.04. The number of rotatable bonds is 8. The highest BCUT2D eigenvalue weighted by molar-refractivity contribution is 7.80. The number of anilines is 1. The molecule has 0 bridgehead atoms. The lowest BCUT2D eigenvalue weighted by molar-refractivity contribution is 0.377. The molecule has 0 aliphatic carbocycles. The predicted molar refractivity (Wildman–Crippen MR) is 143 cm³/mol. The average Bonchev–Trinajstić information content (AvgIpc) is 2.88. The van der Waals surface area contributed by atoms with Gasteiger partial charge in [0.15, 0.2) is 5.11 Å². The van der Waals surface area contributed by atoms with Crippen molar-refractivity contribution in [3.63, 3.8) is 0 Å². The molecule has 0 aliphatic heterocycles. The van der Waals surface area contributed by atoms with E-state index >= 15 is 0 Å². The Morgan fingerprint density at radius 1 is 0.857 bits per heavy atom. The summed E-state index contributed by atoms with van der Waals surface area (Å²) in [6.45, 7) is 0.724. The number of H-pyrrole nitrogens is 1. The van der Waals surface area contributed by atoms with Crippen LogP contribution in [0, 0.1) is 0 Å². The molecule has 0 unspecified atom stereocenters. The van der Waals surface area contributed by atoms with Crippen LogP contribution in [-0.4, -0.2) is 36.3 Å². The van der Waals surface area contributed by atoms with Gasteiger partial charge in [-0.2, -0.15) is 0 Å². The van der Waals surface area contributed by atoms with Crippen LogP contribution in [0.1, 0.15) is 11.1 Å². The second kappa shape index (κ2) is 10.9. The second-order valence-corrected chi connectivity index (χ2v) is 8.26. The van der Waals surface area contributed by atoms with Gasteiger partial charge in [-0.25, -0.2) is 0 Å². The van der Waals surface area contributed by atoms with Crippen LogP contribution in [-0.2, 0) is 13.1 Å². The number of methoxy groups -OCH3 is 3. The molecule has 4 rings (SSSR count). The van der Waals surface area contributed by atoms with Crippen molar-refractivity contribution in [2.24, 2.45) is 0 Å². The van der Waals surface area contributed by atoms with E-state index in [2.05, 4.69) is 10.3 Å². The van der Waals surface area contributed by atoms with Crippen LogP contribution >= 0.6 is 12.2 Å². The van der Waals surface area contributed by atoms with E-state index < -0.39 is 0 Å². The monoisotopic (exact) mass is 489 g/mol. The van der Waals surface area contributed by atoms with Crippen LogP contribution in [0.5, 0.6) is 17.2 Å². The standard InChI is InChI=1S/C27H27N3O4S/c1-32-21-13-12-18-14-20(26(31)28-23(18)15-21)17-30(16-19-8-4-6-10-24(19)33-2)27(35)29-22-9-5-7-11-25(22)34-3/h4-15H,16-17H2,1-3H3,(H,28,31)(H,29,35). The highest BCUT2D eigenvalue weighted by atomic mass is 32.1. The van der Waals surface area contributed by atoms with Gasteiger partial charge in [-0.05, 0) is 54.0 Å². The molecule has 0 saturated heterocycles. The van der Waals surface area contributed by atoms with Crippen LogP contribution in [0.15, 0.2) is 77.6 Å². The van der Waals surface area contributed by atoms with Crippen molar-refractivity contribution in [3.05, 3.63) is 94.3 Å². The summed E-state index contributed by atoms with van der Waals surface area (Å²) >= 11 is 5.80. The molecule has 0 amide bonds. The summed E-state index contributed by atoms with van der Waals surface area (Å²) in [5, 5.41) is 4.63. The lowest BCUT2D eigenvalue weighted by atomic mass is 10.1. The topological polar surface area (TPSA) is 75.8 Å². The summed E-state index contributed by atoms with van der Waals surface area (Å²) in [6, 6.07) is 22.8. The van der Waals surface area contributed by atoms with Crippen LogP contribution in [0.25, 0.3) is 10.9 Å². The third kappa shape index (κ3) is 5.55. The Bertz CT molecular complexity index is 1400. The van der Waals surface area contributed by atoms with E-state index in [1.165, 1.54) is 0 Å². The zero-order valence-electron chi connectivity index (χ0n) is 19.8. The van der Waals surface area contributed by atoms with E-state index in [0.717, 1.165) is 22.4 Å². The molecule has 4 aromatic rings. The van der Waals surface area contributed by atoms with Crippen molar-refractivity contribution in [3.8, 4) is 17.2 Å². The first-order valence-corrected chi connectivity index (χ1v) is 11.4. The number of aromatic amines is 1. The minimum Gasteiger partial charge on any atom is -0.497 e. The van der Waals surface area contributed by atoms with Gasteiger partial charge in [0.05, 0.1) is 39.1 Å². The number of aromatic nitrogens is 1. The van der Waals surface area contributed by atoms with Crippen LogP contribution in [0.2, 0.25) is 0 Å². The summed E-state index contributed by atoms with van der Waals surface area (Å²) in [5.41, 5.74) is 2.80. The van der Waals surface area contributed by atoms with E-state index in [1.807, 2.05) is 71.6 Å². The maximum Gasteiger partial charge on any atom is 0.253 e. The van der Waals surface area contributed by atoms with Gasteiger partial charge in [0, 0.05) is 23.7 Å². The first kappa shape index (κ1) is 24.1. The smallest absolute Gasteiger partial charge is 0.253 e. The third-order valence-electron chi connectivity index (χ3n) is 5.68. The van der Waals surface area contributed by atoms with Crippen molar-refractivity contribution >= 4 is 33.9 Å². The van der Waals surface area contributed by atoms with Gasteiger partial charge in [-0.1, -0.05) is 30.3 Å². The first-order valence-electron chi connectivity index (χ1n) is 11.0. The van der Waals surface area contributed by atoms with E-state index in [4.69, 9.17) is 26.4 Å². The molecule has 180 valence electrons. The number of nitrogens with zero attached hydrogens (tertiary/aromatic N) is 1. The molecule has 0 saturated carbocycles. The summed E-state index contributed by atoms with van der Waals surface area (Å²) in [6.07, 6.45) is 0. The van der Waals surface area contributed by atoms with Gasteiger partial charge in [-0.3, -0.25) is 4.79 Å². The van der Waals surface area contributed by atoms with Crippen molar-refractivity contribution in [1.82, 2.24) is 9.88 Å². The van der Waals surface area contributed by atoms with Gasteiger partial charge in [-0.15, -0.1) is 0 Å². The molecule has 0 atom stereocenters. The van der Waals surface area contributed by atoms with Gasteiger partial charge >= 0.3 is 0 Å². The number of hydrogen-bond acceptors (Lipinski definition) is 5. The number of para-hydroxylation sites is 3. The molecule has 2 N–H and O–H groups in total.